The first-order valence-electron chi connectivity index (χ1n) is 9.01. The van der Waals surface area contributed by atoms with E-state index in [1.165, 1.54) is 12.1 Å². The van der Waals surface area contributed by atoms with Crippen molar-refractivity contribution in [2.24, 2.45) is 0 Å². The fourth-order valence-electron chi connectivity index (χ4n) is 3.02. The van der Waals surface area contributed by atoms with Crippen LogP contribution in [0.1, 0.15) is 0 Å². The van der Waals surface area contributed by atoms with Crippen LogP contribution in [0.5, 0.6) is 5.75 Å². The normalized spacial score (nSPS) is 14.4. The predicted octanol–water partition coefficient (Wildman–Crippen LogP) is 2.30. The van der Waals surface area contributed by atoms with Crippen molar-refractivity contribution in [1.82, 2.24) is 10.2 Å². The second kappa shape index (κ2) is 9.18. The second-order valence-electron chi connectivity index (χ2n) is 6.47. The van der Waals surface area contributed by atoms with Gasteiger partial charge in [-0.05, 0) is 48.5 Å². The lowest BCUT2D eigenvalue weighted by atomic mass is 10.2. The van der Waals surface area contributed by atoms with Crippen molar-refractivity contribution in [2.75, 3.05) is 50.1 Å². The van der Waals surface area contributed by atoms with Crippen LogP contribution in [0.2, 0.25) is 0 Å². The largest absolute Gasteiger partial charge is 0.497 e. The minimum Gasteiger partial charge on any atom is -0.497 e. The number of hydrogen-bond acceptors (Lipinski definition) is 5. The molecule has 1 saturated heterocycles. The summed E-state index contributed by atoms with van der Waals surface area (Å²) in [5, 5.41) is 4.95. The van der Waals surface area contributed by atoms with E-state index in [-0.39, 0.29) is 18.3 Å². The highest BCUT2D eigenvalue weighted by molar-refractivity contribution is 6.01. The molecule has 1 aliphatic heterocycles. The summed E-state index contributed by atoms with van der Waals surface area (Å²) in [5.41, 5.74) is 1.53. The molecule has 2 aromatic rings. The molecule has 0 unspecified atom stereocenters. The molecule has 28 heavy (non-hydrogen) atoms. The highest BCUT2D eigenvalue weighted by Gasteiger charge is 2.20. The van der Waals surface area contributed by atoms with E-state index in [4.69, 9.17) is 4.74 Å². The van der Waals surface area contributed by atoms with Crippen LogP contribution in [0.15, 0.2) is 48.5 Å². The van der Waals surface area contributed by atoms with Gasteiger partial charge in [0.2, 0.25) is 5.91 Å². The smallest absolute Gasteiger partial charge is 0.325 e. The Morgan fingerprint density at radius 2 is 1.64 bits per heavy atom. The topological polar surface area (TPSA) is 73.9 Å². The maximum absolute atomic E-state index is 13.0. The van der Waals surface area contributed by atoms with Gasteiger partial charge < -0.3 is 15.0 Å². The van der Waals surface area contributed by atoms with Gasteiger partial charge in [0.25, 0.3) is 0 Å². The van der Waals surface area contributed by atoms with Gasteiger partial charge in [-0.25, -0.2) is 9.18 Å². The molecular weight excluding hydrogens is 363 g/mol. The summed E-state index contributed by atoms with van der Waals surface area (Å²) in [5.74, 6) is 0.0648. The Balaban J connectivity index is 1.41. The van der Waals surface area contributed by atoms with Crippen molar-refractivity contribution < 1.29 is 18.7 Å². The molecule has 0 atom stereocenters. The van der Waals surface area contributed by atoms with E-state index in [0.717, 1.165) is 18.8 Å². The van der Waals surface area contributed by atoms with Crippen molar-refractivity contribution in [2.45, 2.75) is 0 Å². The van der Waals surface area contributed by atoms with E-state index >= 15 is 0 Å². The Bertz CT molecular complexity index is 803. The fourth-order valence-corrected chi connectivity index (χ4v) is 3.02. The third-order valence-electron chi connectivity index (χ3n) is 4.53. The van der Waals surface area contributed by atoms with Crippen molar-refractivity contribution in [3.63, 3.8) is 0 Å². The summed E-state index contributed by atoms with van der Waals surface area (Å²) < 4.78 is 18.1. The number of hydrogen-bond donors (Lipinski definition) is 2. The Hall–Kier alpha value is -3.13. The first-order chi connectivity index (χ1) is 13.5. The number of carbonyl (C=O) groups is 2. The number of nitrogens with zero attached hydrogens (tertiary/aromatic N) is 2. The fraction of sp³-hybridized carbons (Fsp3) is 0.300. The molecule has 0 bridgehead atoms. The van der Waals surface area contributed by atoms with E-state index in [9.17, 15) is 14.0 Å². The SMILES string of the molecule is COc1ccc(NC(=O)NC(=O)CN2CCN(c3ccc(F)cc3)CC2)cc1. The number of halogens is 1. The lowest BCUT2D eigenvalue weighted by molar-refractivity contribution is -0.121. The summed E-state index contributed by atoms with van der Waals surface area (Å²) in [6, 6.07) is 12.6. The van der Waals surface area contributed by atoms with E-state index in [1.54, 1.807) is 43.5 Å². The molecule has 2 N–H and O–H groups in total. The number of amides is 3. The van der Waals surface area contributed by atoms with Crippen molar-refractivity contribution in [3.05, 3.63) is 54.3 Å². The highest BCUT2D eigenvalue weighted by Crippen LogP contribution is 2.17. The molecular formula is C20H23FN4O3. The summed E-state index contributed by atoms with van der Waals surface area (Å²) in [6.45, 7) is 2.98. The number of methoxy groups -OCH3 is 1. The number of benzene rings is 2. The molecule has 3 rings (SSSR count). The summed E-state index contributed by atoms with van der Waals surface area (Å²) in [4.78, 5) is 28.2. The van der Waals surface area contributed by atoms with Gasteiger partial charge in [-0.1, -0.05) is 0 Å². The number of anilines is 2. The quantitative estimate of drug-likeness (QED) is 0.825. The Labute approximate surface area is 163 Å². The Morgan fingerprint density at radius 3 is 2.25 bits per heavy atom. The third kappa shape index (κ3) is 5.43. The Kier molecular flexibility index (Phi) is 6.44. The molecule has 0 aromatic heterocycles. The number of urea groups is 1. The zero-order chi connectivity index (χ0) is 19.9. The maximum Gasteiger partial charge on any atom is 0.325 e. The van der Waals surface area contributed by atoms with Gasteiger partial charge in [0.1, 0.15) is 11.6 Å². The average Bonchev–Trinajstić information content (AvgIpc) is 2.69. The van der Waals surface area contributed by atoms with E-state index < -0.39 is 6.03 Å². The summed E-state index contributed by atoms with van der Waals surface area (Å²) in [7, 11) is 1.56. The average molecular weight is 386 g/mol. The van der Waals surface area contributed by atoms with Gasteiger partial charge in [-0.3, -0.25) is 15.0 Å². The lowest BCUT2D eigenvalue weighted by Gasteiger charge is -2.35. The monoisotopic (exact) mass is 386 g/mol. The highest BCUT2D eigenvalue weighted by atomic mass is 19.1. The lowest BCUT2D eigenvalue weighted by Crippen LogP contribution is -2.50. The molecule has 1 fully saturated rings. The second-order valence-corrected chi connectivity index (χ2v) is 6.47. The van der Waals surface area contributed by atoms with Gasteiger partial charge in [-0.15, -0.1) is 0 Å². The molecule has 8 heteroatoms. The van der Waals surface area contributed by atoms with Crippen LogP contribution >= 0.6 is 0 Å². The van der Waals surface area contributed by atoms with Crippen LogP contribution in [-0.4, -0.2) is 56.7 Å². The molecule has 7 nitrogen and oxygen atoms in total. The standard InChI is InChI=1S/C20H23FN4O3/c1-28-18-8-4-16(5-9-18)22-20(27)23-19(26)14-24-10-12-25(13-11-24)17-6-2-15(21)3-7-17/h2-9H,10-14H2,1H3,(H2,22,23,26,27). The van der Waals surface area contributed by atoms with Gasteiger partial charge >= 0.3 is 6.03 Å². The molecule has 2 aromatic carbocycles. The van der Waals surface area contributed by atoms with E-state index in [2.05, 4.69) is 15.5 Å². The van der Waals surface area contributed by atoms with Crippen molar-refractivity contribution in [1.29, 1.82) is 0 Å². The molecule has 0 radical (unpaired) electrons. The van der Waals surface area contributed by atoms with Gasteiger partial charge in [0.15, 0.2) is 0 Å². The molecule has 148 valence electrons. The van der Waals surface area contributed by atoms with Crippen LogP contribution in [0.3, 0.4) is 0 Å². The van der Waals surface area contributed by atoms with Crippen molar-refractivity contribution >= 4 is 23.3 Å². The van der Waals surface area contributed by atoms with Crippen LogP contribution in [0.4, 0.5) is 20.6 Å². The zero-order valence-corrected chi connectivity index (χ0v) is 15.7. The van der Waals surface area contributed by atoms with Crippen LogP contribution in [0, 0.1) is 5.82 Å². The molecule has 1 heterocycles. The van der Waals surface area contributed by atoms with Crippen LogP contribution in [0.25, 0.3) is 0 Å². The summed E-state index contributed by atoms with van der Waals surface area (Å²) >= 11 is 0. The molecule has 1 aliphatic rings. The minimum atomic E-state index is -0.569. The number of nitrogens with one attached hydrogen (secondary N) is 2. The molecule has 0 saturated carbocycles. The molecule has 0 aliphatic carbocycles. The van der Waals surface area contributed by atoms with E-state index in [1.807, 2.05) is 4.90 Å². The Morgan fingerprint density at radius 1 is 1.00 bits per heavy atom. The van der Waals surface area contributed by atoms with Gasteiger partial charge in [0.05, 0.1) is 13.7 Å². The minimum absolute atomic E-state index is 0.146. The van der Waals surface area contributed by atoms with E-state index in [0.29, 0.717) is 24.5 Å². The number of carbonyl (C=O) groups excluding carboxylic acids is 2. The van der Waals surface area contributed by atoms with Crippen LogP contribution in [-0.2, 0) is 4.79 Å². The summed E-state index contributed by atoms with van der Waals surface area (Å²) in [6.07, 6.45) is 0. The first-order valence-corrected chi connectivity index (χ1v) is 9.01. The molecule has 0 spiro atoms. The maximum atomic E-state index is 13.0. The first kappa shape index (κ1) is 19.6. The molecule has 3 amide bonds. The number of piperazine rings is 1. The zero-order valence-electron chi connectivity index (χ0n) is 15.7. The predicted molar refractivity (Wildman–Crippen MR) is 105 cm³/mol. The number of rotatable bonds is 5. The number of ether oxygens (including phenoxy) is 1. The number of imide groups is 1. The third-order valence-corrected chi connectivity index (χ3v) is 4.53. The van der Waals surface area contributed by atoms with Gasteiger partial charge in [-0.2, -0.15) is 0 Å². The van der Waals surface area contributed by atoms with Crippen LogP contribution < -0.4 is 20.3 Å². The van der Waals surface area contributed by atoms with Crippen molar-refractivity contribution in [3.8, 4) is 5.75 Å². The van der Waals surface area contributed by atoms with Gasteiger partial charge in [0, 0.05) is 37.6 Å².